The molecule has 1 amide bonds. The number of nitrogens with zero attached hydrogens (tertiary/aromatic N) is 1. The number of methoxy groups -OCH3 is 2. The van der Waals surface area contributed by atoms with Crippen LogP contribution in [-0.4, -0.2) is 36.6 Å². The molecular weight excluding hydrogens is 408 g/mol. The number of thioether (sulfide) groups is 1. The van der Waals surface area contributed by atoms with Gasteiger partial charge in [0.2, 0.25) is 0 Å². The molecule has 164 valence electrons. The van der Waals surface area contributed by atoms with Crippen LogP contribution in [0.4, 0.5) is 5.69 Å². The maximum atomic E-state index is 13.6. The van der Waals surface area contributed by atoms with E-state index >= 15 is 0 Å². The highest BCUT2D eigenvalue weighted by molar-refractivity contribution is 8.05. The van der Waals surface area contributed by atoms with Crippen molar-refractivity contribution in [2.75, 3.05) is 19.5 Å². The van der Waals surface area contributed by atoms with Gasteiger partial charge in [-0.15, -0.1) is 0 Å². The van der Waals surface area contributed by atoms with Crippen molar-refractivity contribution < 1.29 is 14.3 Å². The number of benzene rings is 2. The first kappa shape index (κ1) is 21.6. The average Bonchev–Trinajstić information content (AvgIpc) is 3.09. The highest BCUT2D eigenvalue weighted by atomic mass is 32.2. The maximum Gasteiger partial charge on any atom is 0.262 e. The highest BCUT2D eigenvalue weighted by Crippen LogP contribution is 2.43. The summed E-state index contributed by atoms with van der Waals surface area (Å²) in [5.74, 6) is 2.01. The van der Waals surface area contributed by atoms with Gasteiger partial charge in [0.25, 0.3) is 5.91 Å². The molecule has 1 unspecified atom stereocenters. The predicted octanol–water partition coefficient (Wildman–Crippen LogP) is 5.59. The number of rotatable bonds is 6. The third-order valence-electron chi connectivity index (χ3n) is 6.15. The number of anilines is 1. The van der Waals surface area contributed by atoms with E-state index in [0.29, 0.717) is 11.7 Å². The number of carbonyl (C=O) groups is 1. The molecule has 2 aromatic carbocycles. The van der Waals surface area contributed by atoms with E-state index in [4.69, 9.17) is 9.47 Å². The molecule has 1 saturated carbocycles. The Balaban J connectivity index is 1.67. The van der Waals surface area contributed by atoms with Crippen molar-refractivity contribution in [1.82, 2.24) is 4.90 Å². The van der Waals surface area contributed by atoms with Crippen LogP contribution < -0.4 is 14.8 Å². The smallest absolute Gasteiger partial charge is 0.262 e. The molecule has 0 bridgehead atoms. The van der Waals surface area contributed by atoms with Crippen molar-refractivity contribution in [3.8, 4) is 11.5 Å². The Hall–Kier alpha value is -2.60. The van der Waals surface area contributed by atoms with E-state index in [1.54, 1.807) is 26.0 Å². The van der Waals surface area contributed by atoms with E-state index < -0.39 is 0 Å². The largest absolute Gasteiger partial charge is 0.497 e. The molecule has 31 heavy (non-hydrogen) atoms. The van der Waals surface area contributed by atoms with Gasteiger partial charge in [-0.05, 0) is 49.1 Å². The van der Waals surface area contributed by atoms with Crippen molar-refractivity contribution >= 4 is 29.4 Å². The number of amides is 1. The van der Waals surface area contributed by atoms with Crippen LogP contribution in [0.1, 0.15) is 38.2 Å². The maximum absolute atomic E-state index is 13.6. The molecular formula is C25H30N2O3S. The molecule has 5 nitrogen and oxygen atoms in total. The number of carbonyl (C=O) groups excluding carboxylic acids is 1. The van der Waals surface area contributed by atoms with Crippen LogP contribution in [0.2, 0.25) is 0 Å². The molecule has 0 aromatic heterocycles. The Morgan fingerprint density at radius 3 is 2.55 bits per heavy atom. The van der Waals surface area contributed by atoms with E-state index in [1.807, 2.05) is 54.6 Å². The van der Waals surface area contributed by atoms with Crippen molar-refractivity contribution in [3.05, 3.63) is 59.0 Å². The third kappa shape index (κ3) is 4.69. The van der Waals surface area contributed by atoms with Crippen LogP contribution in [0.5, 0.6) is 11.5 Å². The van der Waals surface area contributed by atoms with Crippen LogP contribution in [0.3, 0.4) is 0 Å². The van der Waals surface area contributed by atoms with Crippen LogP contribution in [0, 0.1) is 5.92 Å². The van der Waals surface area contributed by atoms with Gasteiger partial charge < -0.3 is 19.7 Å². The summed E-state index contributed by atoms with van der Waals surface area (Å²) in [7, 11) is 3.27. The molecule has 2 fully saturated rings. The van der Waals surface area contributed by atoms with Crippen molar-refractivity contribution in [2.24, 2.45) is 5.92 Å². The second kappa shape index (κ2) is 9.69. The topological polar surface area (TPSA) is 50.8 Å². The first-order valence-corrected chi connectivity index (χ1v) is 11.7. The van der Waals surface area contributed by atoms with Gasteiger partial charge >= 0.3 is 0 Å². The lowest BCUT2D eigenvalue weighted by Gasteiger charge is -2.39. The number of hydrogen-bond acceptors (Lipinski definition) is 5. The summed E-state index contributed by atoms with van der Waals surface area (Å²) >= 11 is 1.58. The molecule has 1 N–H and O–H groups in total. The van der Waals surface area contributed by atoms with E-state index in [1.165, 1.54) is 19.3 Å². The van der Waals surface area contributed by atoms with Crippen LogP contribution in [0.25, 0.3) is 6.08 Å². The van der Waals surface area contributed by atoms with Crippen LogP contribution in [0.15, 0.2) is 53.4 Å². The molecule has 6 heteroatoms. The Morgan fingerprint density at radius 2 is 1.84 bits per heavy atom. The van der Waals surface area contributed by atoms with Crippen LogP contribution >= 0.6 is 11.8 Å². The van der Waals surface area contributed by atoms with Gasteiger partial charge in [-0.1, -0.05) is 49.7 Å². The van der Waals surface area contributed by atoms with E-state index in [2.05, 4.69) is 17.1 Å². The molecule has 0 radical (unpaired) electrons. The predicted molar refractivity (Wildman–Crippen MR) is 127 cm³/mol. The Labute approximate surface area is 188 Å². The average molecular weight is 439 g/mol. The zero-order valence-corrected chi connectivity index (χ0v) is 19.2. The number of hydrogen-bond donors (Lipinski definition) is 1. The quantitative estimate of drug-likeness (QED) is 0.596. The molecule has 1 saturated heterocycles. The number of para-hydroxylation sites is 1. The van der Waals surface area contributed by atoms with Gasteiger partial charge in [-0.25, -0.2) is 0 Å². The molecule has 4 rings (SSSR count). The van der Waals surface area contributed by atoms with Gasteiger partial charge in [-0.3, -0.25) is 4.79 Å². The Bertz CT molecular complexity index is 947. The Kier molecular flexibility index (Phi) is 6.76. The standard InChI is InChI=1S/C25H30N2O3S/c1-17-9-7-8-12-21(17)27-24(28)23(31-25(27)26-19-10-5-4-6-11-19)15-18-13-14-20(29-2)16-22(18)30-3/h4-6,10-11,13-17,21,25-26H,7-9,12H2,1-3H3/b23-15-/t17-,21+,25?/m0/s1. The molecule has 1 heterocycles. The molecule has 1 aliphatic heterocycles. The SMILES string of the molecule is COc1ccc(/C=C2\SC(Nc3ccccc3)N([C@@H]3CCCC[C@@H]3C)C2=O)c(OC)c1. The molecule has 3 atom stereocenters. The molecule has 1 aliphatic carbocycles. The summed E-state index contributed by atoms with van der Waals surface area (Å²) in [5.41, 5.74) is 1.76. The monoisotopic (exact) mass is 438 g/mol. The van der Waals surface area contributed by atoms with Crippen LogP contribution in [-0.2, 0) is 4.79 Å². The minimum atomic E-state index is -0.129. The zero-order chi connectivity index (χ0) is 21.8. The zero-order valence-electron chi connectivity index (χ0n) is 18.3. The van der Waals surface area contributed by atoms with Crippen molar-refractivity contribution in [3.63, 3.8) is 0 Å². The lowest BCUT2D eigenvalue weighted by molar-refractivity contribution is -0.129. The second-order valence-corrected chi connectivity index (χ2v) is 9.26. The molecule has 2 aliphatic rings. The Morgan fingerprint density at radius 1 is 1.06 bits per heavy atom. The fourth-order valence-corrected chi connectivity index (χ4v) is 5.65. The van der Waals surface area contributed by atoms with Crippen molar-refractivity contribution in [2.45, 2.75) is 44.1 Å². The lowest BCUT2D eigenvalue weighted by atomic mass is 9.85. The summed E-state index contributed by atoms with van der Waals surface area (Å²) in [6.07, 6.45) is 6.59. The second-order valence-electron chi connectivity index (χ2n) is 8.14. The first-order chi connectivity index (χ1) is 15.1. The van der Waals surface area contributed by atoms with E-state index in [0.717, 1.165) is 28.3 Å². The van der Waals surface area contributed by atoms with E-state index in [-0.39, 0.29) is 17.4 Å². The van der Waals surface area contributed by atoms with Gasteiger partial charge in [0.1, 0.15) is 11.5 Å². The van der Waals surface area contributed by atoms with Crippen molar-refractivity contribution in [1.29, 1.82) is 0 Å². The van der Waals surface area contributed by atoms with E-state index in [9.17, 15) is 4.79 Å². The summed E-state index contributed by atoms with van der Waals surface area (Å²) in [5, 5.41) is 3.58. The summed E-state index contributed by atoms with van der Waals surface area (Å²) in [6.45, 7) is 2.27. The summed E-state index contributed by atoms with van der Waals surface area (Å²) in [4.78, 5) is 16.4. The fourth-order valence-electron chi connectivity index (χ4n) is 4.45. The normalized spacial score (nSPS) is 25.0. The molecule has 2 aromatic rings. The lowest BCUT2D eigenvalue weighted by Crippen LogP contribution is -2.48. The summed E-state index contributed by atoms with van der Waals surface area (Å²) < 4.78 is 10.8. The first-order valence-electron chi connectivity index (χ1n) is 10.9. The highest BCUT2D eigenvalue weighted by Gasteiger charge is 2.43. The number of ether oxygens (including phenoxy) is 2. The van der Waals surface area contributed by atoms with Gasteiger partial charge in [-0.2, -0.15) is 0 Å². The summed E-state index contributed by atoms with van der Waals surface area (Å²) in [6, 6.07) is 16.0. The van der Waals surface area contributed by atoms with Gasteiger partial charge in [0, 0.05) is 23.4 Å². The number of nitrogens with one attached hydrogen (secondary N) is 1. The fraction of sp³-hybridized carbons (Fsp3) is 0.400. The molecule has 0 spiro atoms. The van der Waals surface area contributed by atoms with Gasteiger partial charge in [0.15, 0.2) is 5.50 Å². The van der Waals surface area contributed by atoms with Gasteiger partial charge in [0.05, 0.1) is 19.1 Å². The third-order valence-corrected chi connectivity index (χ3v) is 7.27. The minimum Gasteiger partial charge on any atom is -0.497 e. The minimum absolute atomic E-state index is 0.0926.